The monoisotopic (exact) mass is 284 g/mol. The highest BCUT2D eigenvalue weighted by Gasteiger charge is 2.18. The van der Waals surface area contributed by atoms with E-state index < -0.39 is 0 Å². The lowest BCUT2D eigenvalue weighted by molar-refractivity contribution is 0.205. The minimum atomic E-state index is -0.344. The molecule has 2 amide bonds. The number of carbonyl (C=O) groups is 1. The fraction of sp³-hybridized carbons (Fsp3) is 0.333. The third-order valence-electron chi connectivity index (χ3n) is 2.42. The summed E-state index contributed by atoms with van der Waals surface area (Å²) in [5, 5.41) is 14.7. The van der Waals surface area contributed by atoms with E-state index in [0.29, 0.717) is 10.7 Å². The average molecular weight is 285 g/mol. The van der Waals surface area contributed by atoms with Gasteiger partial charge in [0.05, 0.1) is 6.54 Å². The Morgan fingerprint density at radius 2 is 2.26 bits per heavy atom. The maximum atomic E-state index is 12.1. The van der Waals surface area contributed by atoms with Gasteiger partial charge in [-0.05, 0) is 32.0 Å². The van der Waals surface area contributed by atoms with Crippen LogP contribution in [0.1, 0.15) is 13.8 Å². The van der Waals surface area contributed by atoms with Crippen molar-refractivity contribution in [2.24, 2.45) is 10.9 Å². The fourth-order valence-electron chi connectivity index (χ4n) is 1.46. The Hall–Kier alpha value is -1.95. The summed E-state index contributed by atoms with van der Waals surface area (Å²) in [6.07, 6.45) is 0. The van der Waals surface area contributed by atoms with Gasteiger partial charge in [0.2, 0.25) is 0 Å². The van der Waals surface area contributed by atoms with Crippen LogP contribution < -0.4 is 11.1 Å². The molecule has 104 valence electrons. The summed E-state index contributed by atoms with van der Waals surface area (Å²) in [6.45, 7) is 3.71. The van der Waals surface area contributed by atoms with E-state index in [2.05, 4.69) is 10.5 Å². The van der Waals surface area contributed by atoms with Crippen LogP contribution in [0.3, 0.4) is 0 Å². The van der Waals surface area contributed by atoms with Gasteiger partial charge >= 0.3 is 6.03 Å². The molecular formula is C12H17ClN4O2. The van der Waals surface area contributed by atoms with Gasteiger partial charge in [-0.1, -0.05) is 22.8 Å². The highest BCUT2D eigenvalue weighted by Crippen LogP contribution is 2.15. The lowest BCUT2D eigenvalue weighted by Gasteiger charge is -2.26. The van der Waals surface area contributed by atoms with E-state index in [1.165, 1.54) is 4.90 Å². The molecule has 0 aliphatic carbocycles. The van der Waals surface area contributed by atoms with Gasteiger partial charge in [0, 0.05) is 16.8 Å². The zero-order valence-corrected chi connectivity index (χ0v) is 11.6. The maximum absolute atomic E-state index is 12.1. The van der Waals surface area contributed by atoms with Crippen LogP contribution in [-0.4, -0.2) is 34.6 Å². The van der Waals surface area contributed by atoms with Crippen LogP contribution in [0.2, 0.25) is 5.02 Å². The predicted octanol–water partition coefficient (Wildman–Crippen LogP) is 2.33. The van der Waals surface area contributed by atoms with E-state index in [9.17, 15) is 4.79 Å². The van der Waals surface area contributed by atoms with Gasteiger partial charge in [-0.3, -0.25) is 0 Å². The van der Waals surface area contributed by atoms with E-state index >= 15 is 0 Å². The van der Waals surface area contributed by atoms with E-state index in [1.807, 2.05) is 13.8 Å². The number of urea groups is 1. The molecule has 1 aromatic carbocycles. The molecule has 0 aliphatic rings. The Morgan fingerprint density at radius 3 is 2.79 bits per heavy atom. The summed E-state index contributed by atoms with van der Waals surface area (Å²) in [5.41, 5.74) is 6.01. The number of halogens is 1. The topological polar surface area (TPSA) is 90.9 Å². The molecule has 7 heteroatoms. The van der Waals surface area contributed by atoms with Crippen molar-refractivity contribution in [2.45, 2.75) is 19.9 Å². The normalized spacial score (nSPS) is 11.5. The number of oxime groups is 1. The number of amidine groups is 1. The van der Waals surface area contributed by atoms with E-state index in [1.54, 1.807) is 24.3 Å². The number of hydrogen-bond acceptors (Lipinski definition) is 3. The molecular weight excluding hydrogens is 268 g/mol. The number of carbonyl (C=O) groups excluding carboxylic acids is 1. The number of nitrogens with zero attached hydrogens (tertiary/aromatic N) is 2. The van der Waals surface area contributed by atoms with Crippen LogP contribution >= 0.6 is 11.6 Å². The Labute approximate surface area is 116 Å². The lowest BCUT2D eigenvalue weighted by Crippen LogP contribution is -2.45. The van der Waals surface area contributed by atoms with Gasteiger partial charge in [0.15, 0.2) is 5.84 Å². The predicted molar refractivity (Wildman–Crippen MR) is 75.7 cm³/mol. The Morgan fingerprint density at radius 1 is 1.58 bits per heavy atom. The Balaban J connectivity index is 2.78. The van der Waals surface area contributed by atoms with Crippen LogP contribution in [0, 0.1) is 0 Å². The molecule has 6 nitrogen and oxygen atoms in total. The SMILES string of the molecule is CC(C)N(CC(N)=NO)C(=O)Nc1cccc(Cl)c1. The number of nitrogens with one attached hydrogen (secondary N) is 1. The van der Waals surface area contributed by atoms with Crippen molar-refractivity contribution in [3.63, 3.8) is 0 Å². The molecule has 4 N–H and O–H groups in total. The van der Waals surface area contributed by atoms with Crippen molar-refractivity contribution in [3.05, 3.63) is 29.3 Å². The first-order valence-electron chi connectivity index (χ1n) is 5.73. The molecule has 0 heterocycles. The average Bonchev–Trinajstić information content (AvgIpc) is 2.35. The van der Waals surface area contributed by atoms with Crippen molar-refractivity contribution in [2.75, 3.05) is 11.9 Å². The van der Waals surface area contributed by atoms with Crippen molar-refractivity contribution in [1.82, 2.24) is 4.90 Å². The number of hydrogen-bond donors (Lipinski definition) is 3. The quantitative estimate of drug-likeness (QED) is 0.343. The number of benzene rings is 1. The summed E-state index contributed by atoms with van der Waals surface area (Å²) in [6, 6.07) is 6.38. The third kappa shape index (κ3) is 4.67. The number of rotatable bonds is 4. The summed E-state index contributed by atoms with van der Waals surface area (Å²) < 4.78 is 0. The van der Waals surface area contributed by atoms with Gasteiger partial charge < -0.3 is 21.2 Å². The largest absolute Gasteiger partial charge is 0.409 e. The van der Waals surface area contributed by atoms with E-state index in [-0.39, 0.29) is 24.5 Å². The van der Waals surface area contributed by atoms with Crippen LogP contribution in [0.15, 0.2) is 29.4 Å². The third-order valence-corrected chi connectivity index (χ3v) is 2.66. The Bertz CT molecular complexity index is 477. The molecule has 1 aromatic rings. The lowest BCUT2D eigenvalue weighted by atomic mass is 10.3. The number of amides is 2. The molecule has 0 unspecified atom stereocenters. The highest BCUT2D eigenvalue weighted by atomic mass is 35.5. The first kappa shape index (κ1) is 15.1. The molecule has 0 radical (unpaired) electrons. The summed E-state index contributed by atoms with van der Waals surface area (Å²) in [7, 11) is 0. The van der Waals surface area contributed by atoms with Crippen LogP contribution in [-0.2, 0) is 0 Å². The standard InChI is InChI=1S/C12H17ClN4O2/c1-8(2)17(7-11(14)16-19)12(18)15-10-5-3-4-9(13)6-10/h3-6,8,19H,7H2,1-2H3,(H2,14,16)(H,15,18). The minimum absolute atomic E-state index is 0.0325. The van der Waals surface area contributed by atoms with E-state index in [4.69, 9.17) is 22.5 Å². The molecule has 0 atom stereocenters. The highest BCUT2D eigenvalue weighted by molar-refractivity contribution is 6.30. The molecule has 19 heavy (non-hydrogen) atoms. The summed E-state index contributed by atoms with van der Waals surface area (Å²) >= 11 is 5.84. The molecule has 0 saturated carbocycles. The molecule has 0 bridgehead atoms. The fourth-order valence-corrected chi connectivity index (χ4v) is 1.65. The van der Waals surface area contributed by atoms with Gasteiger partial charge in [-0.2, -0.15) is 0 Å². The zero-order chi connectivity index (χ0) is 14.4. The molecule has 1 rings (SSSR count). The van der Waals surface area contributed by atoms with Crippen molar-refractivity contribution in [3.8, 4) is 0 Å². The number of nitrogens with two attached hydrogens (primary N) is 1. The summed E-state index contributed by atoms with van der Waals surface area (Å²) in [4.78, 5) is 13.5. The van der Waals surface area contributed by atoms with Gasteiger partial charge in [0.1, 0.15) is 0 Å². The second-order valence-corrected chi connectivity index (χ2v) is 4.69. The smallest absolute Gasteiger partial charge is 0.322 e. The van der Waals surface area contributed by atoms with Crippen LogP contribution in [0.5, 0.6) is 0 Å². The number of anilines is 1. The molecule has 0 aliphatic heterocycles. The Kier molecular flexibility index (Phi) is 5.44. The minimum Gasteiger partial charge on any atom is -0.409 e. The first-order valence-corrected chi connectivity index (χ1v) is 6.11. The summed E-state index contributed by atoms with van der Waals surface area (Å²) in [5.74, 6) is -0.0325. The van der Waals surface area contributed by atoms with Gasteiger partial charge in [0.25, 0.3) is 0 Å². The second kappa shape index (κ2) is 6.84. The van der Waals surface area contributed by atoms with Crippen molar-refractivity contribution in [1.29, 1.82) is 0 Å². The van der Waals surface area contributed by atoms with Crippen molar-refractivity contribution >= 4 is 29.2 Å². The van der Waals surface area contributed by atoms with Crippen molar-refractivity contribution < 1.29 is 10.0 Å². The van der Waals surface area contributed by atoms with Crippen LogP contribution in [0.4, 0.5) is 10.5 Å². The van der Waals surface area contributed by atoms with Gasteiger partial charge in [-0.15, -0.1) is 0 Å². The molecule has 0 aromatic heterocycles. The van der Waals surface area contributed by atoms with Gasteiger partial charge in [-0.25, -0.2) is 4.79 Å². The first-order chi connectivity index (χ1) is 8.93. The second-order valence-electron chi connectivity index (χ2n) is 4.25. The maximum Gasteiger partial charge on any atom is 0.322 e. The molecule has 0 spiro atoms. The van der Waals surface area contributed by atoms with Crippen LogP contribution in [0.25, 0.3) is 0 Å². The van der Waals surface area contributed by atoms with E-state index in [0.717, 1.165) is 0 Å². The molecule has 0 fully saturated rings. The molecule has 0 saturated heterocycles. The zero-order valence-electron chi connectivity index (χ0n) is 10.8.